The normalized spacial score (nSPS) is 31.9. The zero-order valence-electron chi connectivity index (χ0n) is 9.04. The number of halogens is 1. The zero-order chi connectivity index (χ0) is 10.7. The van der Waals surface area contributed by atoms with Gasteiger partial charge in [0, 0.05) is 25.6 Å². The predicted octanol–water partition coefficient (Wildman–Crippen LogP) is 0.804. The second kappa shape index (κ2) is 4.92. The van der Waals surface area contributed by atoms with E-state index < -0.39 is 0 Å². The minimum atomic E-state index is -0.285. The molecular weight excluding hydrogens is 195 g/mol. The van der Waals surface area contributed by atoms with E-state index in [1.807, 2.05) is 4.90 Å². The van der Waals surface area contributed by atoms with Gasteiger partial charge in [0.15, 0.2) is 0 Å². The molecule has 15 heavy (non-hydrogen) atoms. The van der Waals surface area contributed by atoms with Gasteiger partial charge in [0.1, 0.15) is 0 Å². The molecule has 1 N–H and O–H groups in total. The van der Waals surface area contributed by atoms with Crippen LogP contribution in [0.1, 0.15) is 19.3 Å². The van der Waals surface area contributed by atoms with E-state index in [2.05, 4.69) is 5.32 Å². The SMILES string of the molecule is O=C([C@@H]1CCNC1)N1CCC[C@@H](CF)C1. The van der Waals surface area contributed by atoms with Crippen molar-refractivity contribution in [3.63, 3.8) is 0 Å². The van der Waals surface area contributed by atoms with Crippen LogP contribution in [0.3, 0.4) is 0 Å². The fraction of sp³-hybridized carbons (Fsp3) is 0.909. The van der Waals surface area contributed by atoms with Crippen molar-refractivity contribution < 1.29 is 9.18 Å². The molecule has 0 aromatic heterocycles. The number of rotatable bonds is 2. The fourth-order valence-corrected chi connectivity index (χ4v) is 2.51. The highest BCUT2D eigenvalue weighted by atomic mass is 19.1. The van der Waals surface area contributed by atoms with E-state index in [0.717, 1.165) is 38.9 Å². The van der Waals surface area contributed by atoms with Gasteiger partial charge in [-0.25, -0.2) is 0 Å². The van der Waals surface area contributed by atoms with Gasteiger partial charge in [0.2, 0.25) is 5.91 Å². The van der Waals surface area contributed by atoms with Gasteiger partial charge in [-0.05, 0) is 25.8 Å². The van der Waals surface area contributed by atoms with Crippen LogP contribution in [0.25, 0.3) is 0 Å². The third-order valence-electron chi connectivity index (χ3n) is 3.46. The van der Waals surface area contributed by atoms with E-state index in [1.165, 1.54) is 0 Å². The highest BCUT2D eigenvalue weighted by Gasteiger charge is 2.30. The molecule has 0 aromatic rings. The van der Waals surface area contributed by atoms with E-state index in [1.54, 1.807) is 0 Å². The third-order valence-corrected chi connectivity index (χ3v) is 3.46. The monoisotopic (exact) mass is 214 g/mol. The molecule has 4 heteroatoms. The summed E-state index contributed by atoms with van der Waals surface area (Å²) in [5, 5.41) is 3.20. The summed E-state index contributed by atoms with van der Waals surface area (Å²) in [5.41, 5.74) is 0. The number of alkyl halides is 1. The van der Waals surface area contributed by atoms with E-state index in [0.29, 0.717) is 6.54 Å². The van der Waals surface area contributed by atoms with Gasteiger partial charge in [-0.2, -0.15) is 0 Å². The summed E-state index contributed by atoms with van der Waals surface area (Å²) in [5.74, 6) is 0.457. The minimum absolute atomic E-state index is 0.0806. The predicted molar refractivity (Wildman–Crippen MR) is 56.3 cm³/mol. The maximum Gasteiger partial charge on any atom is 0.227 e. The first-order valence-corrected chi connectivity index (χ1v) is 5.86. The van der Waals surface area contributed by atoms with Crippen LogP contribution in [0.2, 0.25) is 0 Å². The molecule has 2 rings (SSSR count). The van der Waals surface area contributed by atoms with Crippen LogP contribution in [0.4, 0.5) is 4.39 Å². The van der Waals surface area contributed by atoms with Crippen LogP contribution < -0.4 is 5.32 Å². The number of nitrogens with one attached hydrogen (secondary N) is 1. The molecule has 0 aliphatic carbocycles. The number of nitrogens with zero attached hydrogens (tertiary/aromatic N) is 1. The summed E-state index contributed by atoms with van der Waals surface area (Å²) in [6.07, 6.45) is 2.83. The van der Waals surface area contributed by atoms with Gasteiger partial charge in [0.05, 0.1) is 12.6 Å². The standard InChI is InChI=1S/C11H19FN2O/c12-6-9-2-1-5-14(8-9)11(15)10-3-4-13-7-10/h9-10,13H,1-8H2/t9-,10+/m0/s1. The maximum atomic E-state index is 12.5. The molecule has 0 unspecified atom stereocenters. The molecule has 2 heterocycles. The molecular formula is C11H19FN2O. The molecule has 86 valence electrons. The van der Waals surface area contributed by atoms with Crippen molar-refractivity contribution in [3.8, 4) is 0 Å². The molecule has 2 saturated heterocycles. The average Bonchev–Trinajstić information content (AvgIpc) is 2.81. The molecule has 2 aliphatic rings. The number of likely N-dealkylation sites (tertiary alicyclic amines) is 1. The Balaban J connectivity index is 1.88. The molecule has 0 bridgehead atoms. The van der Waals surface area contributed by atoms with Crippen molar-refractivity contribution in [1.29, 1.82) is 0 Å². The van der Waals surface area contributed by atoms with E-state index >= 15 is 0 Å². The number of amides is 1. The maximum absolute atomic E-state index is 12.5. The first-order chi connectivity index (χ1) is 7.31. The molecule has 0 aromatic carbocycles. The second-order valence-electron chi connectivity index (χ2n) is 4.64. The van der Waals surface area contributed by atoms with Crippen LogP contribution in [0, 0.1) is 11.8 Å². The van der Waals surface area contributed by atoms with Gasteiger partial charge in [0.25, 0.3) is 0 Å². The number of carbonyl (C=O) groups is 1. The smallest absolute Gasteiger partial charge is 0.227 e. The van der Waals surface area contributed by atoms with Crippen LogP contribution in [-0.4, -0.2) is 43.7 Å². The Labute approximate surface area is 90.0 Å². The number of hydrogen-bond acceptors (Lipinski definition) is 2. The van der Waals surface area contributed by atoms with Gasteiger partial charge < -0.3 is 10.2 Å². The molecule has 3 nitrogen and oxygen atoms in total. The summed E-state index contributed by atoms with van der Waals surface area (Å²) >= 11 is 0. The van der Waals surface area contributed by atoms with E-state index in [-0.39, 0.29) is 24.4 Å². The lowest BCUT2D eigenvalue weighted by atomic mass is 9.97. The van der Waals surface area contributed by atoms with Crippen molar-refractivity contribution in [3.05, 3.63) is 0 Å². The van der Waals surface area contributed by atoms with Crippen molar-refractivity contribution in [2.45, 2.75) is 19.3 Å². The number of carbonyl (C=O) groups excluding carboxylic acids is 1. The first kappa shape index (κ1) is 10.9. The summed E-state index contributed by atoms with van der Waals surface area (Å²) in [6, 6.07) is 0. The second-order valence-corrected chi connectivity index (χ2v) is 4.64. The summed E-state index contributed by atoms with van der Waals surface area (Å²) < 4.78 is 12.5. The Kier molecular flexibility index (Phi) is 3.57. The Bertz CT molecular complexity index is 229. The van der Waals surface area contributed by atoms with E-state index in [4.69, 9.17) is 0 Å². The largest absolute Gasteiger partial charge is 0.342 e. The Morgan fingerprint density at radius 2 is 2.33 bits per heavy atom. The molecule has 2 fully saturated rings. The molecule has 1 amide bonds. The lowest BCUT2D eigenvalue weighted by molar-refractivity contribution is -0.136. The fourth-order valence-electron chi connectivity index (χ4n) is 2.51. The minimum Gasteiger partial charge on any atom is -0.342 e. The summed E-state index contributed by atoms with van der Waals surface area (Å²) in [7, 11) is 0. The lowest BCUT2D eigenvalue weighted by Gasteiger charge is -2.33. The van der Waals surface area contributed by atoms with Crippen molar-refractivity contribution in [2.75, 3.05) is 32.9 Å². The van der Waals surface area contributed by atoms with Crippen molar-refractivity contribution >= 4 is 5.91 Å². The van der Waals surface area contributed by atoms with Crippen LogP contribution in [-0.2, 0) is 4.79 Å². The van der Waals surface area contributed by atoms with Crippen molar-refractivity contribution in [1.82, 2.24) is 10.2 Å². The number of hydrogen-bond donors (Lipinski definition) is 1. The van der Waals surface area contributed by atoms with Gasteiger partial charge in [-0.1, -0.05) is 0 Å². The zero-order valence-corrected chi connectivity index (χ0v) is 9.04. The quantitative estimate of drug-likeness (QED) is 0.737. The van der Waals surface area contributed by atoms with Crippen molar-refractivity contribution in [2.24, 2.45) is 11.8 Å². The van der Waals surface area contributed by atoms with Crippen LogP contribution in [0.15, 0.2) is 0 Å². The van der Waals surface area contributed by atoms with E-state index in [9.17, 15) is 9.18 Å². The van der Waals surface area contributed by atoms with Crippen LogP contribution in [0.5, 0.6) is 0 Å². The van der Waals surface area contributed by atoms with Gasteiger partial charge in [-0.3, -0.25) is 9.18 Å². The van der Waals surface area contributed by atoms with Crippen LogP contribution >= 0.6 is 0 Å². The highest BCUT2D eigenvalue weighted by Crippen LogP contribution is 2.20. The summed E-state index contributed by atoms with van der Waals surface area (Å²) in [6.45, 7) is 2.91. The number of piperidine rings is 1. The molecule has 0 saturated carbocycles. The molecule has 0 spiro atoms. The average molecular weight is 214 g/mol. The van der Waals surface area contributed by atoms with Gasteiger partial charge >= 0.3 is 0 Å². The Hall–Kier alpha value is -0.640. The topological polar surface area (TPSA) is 32.3 Å². The first-order valence-electron chi connectivity index (χ1n) is 5.86. The molecule has 0 radical (unpaired) electrons. The lowest BCUT2D eigenvalue weighted by Crippen LogP contribution is -2.44. The Morgan fingerprint density at radius 1 is 1.47 bits per heavy atom. The summed E-state index contributed by atoms with van der Waals surface area (Å²) in [4.78, 5) is 13.9. The molecule has 2 aliphatic heterocycles. The molecule has 2 atom stereocenters. The highest BCUT2D eigenvalue weighted by molar-refractivity contribution is 5.79. The Morgan fingerprint density at radius 3 is 3.00 bits per heavy atom. The third kappa shape index (κ3) is 2.48. The van der Waals surface area contributed by atoms with Gasteiger partial charge in [-0.15, -0.1) is 0 Å².